The van der Waals surface area contributed by atoms with E-state index in [0.717, 1.165) is 20.1 Å². The molecular weight excluding hydrogens is 559 g/mol. The fourth-order valence-electron chi connectivity index (χ4n) is 2.16. The molecule has 3 rings (SSSR count). The lowest BCUT2D eigenvalue weighted by atomic mass is 10.2. The van der Waals surface area contributed by atoms with Crippen LogP contribution in [0, 0.1) is 0 Å². The standard InChI is InChI=1S/C17H10Br2Cl2N2O2S2/c18-12-3-9(6-22-23-15(24)8-27-17(23)26)4-13(19)16(12)25-7-10-1-2-11(20)5-14(10)21/h1-6H,7-8H2/b22-6+. The number of rotatable bonds is 5. The van der Waals surface area contributed by atoms with Gasteiger partial charge in [-0.3, -0.25) is 4.79 Å². The summed E-state index contributed by atoms with van der Waals surface area (Å²) in [6, 6.07) is 8.93. The molecule has 0 unspecified atom stereocenters. The Bertz CT molecular complexity index is 918. The highest BCUT2D eigenvalue weighted by atomic mass is 79.9. The number of hydrogen-bond acceptors (Lipinski definition) is 5. The monoisotopic (exact) mass is 566 g/mol. The second kappa shape index (κ2) is 9.24. The van der Waals surface area contributed by atoms with Crippen LogP contribution in [-0.4, -0.2) is 27.2 Å². The van der Waals surface area contributed by atoms with Gasteiger partial charge in [-0.05, 0) is 61.7 Å². The molecule has 0 aliphatic carbocycles. The Labute approximate surface area is 192 Å². The number of carbonyl (C=O) groups is 1. The molecule has 4 nitrogen and oxygen atoms in total. The van der Waals surface area contributed by atoms with Gasteiger partial charge in [0.2, 0.25) is 0 Å². The zero-order chi connectivity index (χ0) is 19.6. The van der Waals surface area contributed by atoms with Crippen molar-refractivity contribution in [2.24, 2.45) is 5.10 Å². The molecule has 140 valence electrons. The maximum Gasteiger partial charge on any atom is 0.259 e. The number of ether oxygens (including phenoxy) is 1. The van der Waals surface area contributed by atoms with Crippen molar-refractivity contribution >= 4 is 95.5 Å². The molecule has 0 radical (unpaired) electrons. The van der Waals surface area contributed by atoms with E-state index in [9.17, 15) is 4.79 Å². The van der Waals surface area contributed by atoms with E-state index in [0.29, 0.717) is 25.9 Å². The molecule has 10 heteroatoms. The van der Waals surface area contributed by atoms with E-state index in [-0.39, 0.29) is 12.5 Å². The molecule has 1 heterocycles. The molecule has 1 fully saturated rings. The average Bonchev–Trinajstić information content (AvgIpc) is 2.92. The van der Waals surface area contributed by atoms with Gasteiger partial charge in [0.05, 0.1) is 20.9 Å². The molecule has 1 saturated heterocycles. The van der Waals surface area contributed by atoms with Gasteiger partial charge in [0.25, 0.3) is 5.91 Å². The summed E-state index contributed by atoms with van der Waals surface area (Å²) in [7, 11) is 0. The molecule has 1 aliphatic rings. The SMILES string of the molecule is O=C1CSC(=S)N1/N=C/c1cc(Br)c(OCc2ccc(Cl)cc2Cl)c(Br)c1. The highest BCUT2D eigenvalue weighted by Crippen LogP contribution is 2.35. The van der Waals surface area contributed by atoms with Gasteiger partial charge in [0.15, 0.2) is 4.32 Å². The Morgan fingerprint density at radius 3 is 2.56 bits per heavy atom. The quantitative estimate of drug-likeness (QED) is 0.314. The van der Waals surface area contributed by atoms with Crippen molar-refractivity contribution in [1.29, 1.82) is 0 Å². The second-order valence-electron chi connectivity index (χ2n) is 5.34. The molecule has 0 N–H and O–H groups in total. The Kier molecular flexibility index (Phi) is 7.21. The van der Waals surface area contributed by atoms with Crippen LogP contribution in [-0.2, 0) is 11.4 Å². The Morgan fingerprint density at radius 2 is 1.96 bits per heavy atom. The highest BCUT2D eigenvalue weighted by molar-refractivity contribution is 9.11. The number of halogens is 4. The van der Waals surface area contributed by atoms with Crippen molar-refractivity contribution in [3.8, 4) is 5.75 Å². The normalized spacial score (nSPS) is 14.4. The number of nitrogens with zero attached hydrogens (tertiary/aromatic N) is 2. The maximum atomic E-state index is 11.7. The number of hydrazone groups is 1. The fraction of sp³-hybridized carbons (Fsp3) is 0.118. The summed E-state index contributed by atoms with van der Waals surface area (Å²) < 4.78 is 7.80. The molecule has 0 aromatic heterocycles. The third-order valence-electron chi connectivity index (χ3n) is 3.46. The summed E-state index contributed by atoms with van der Waals surface area (Å²) in [5.41, 5.74) is 1.60. The lowest BCUT2D eigenvalue weighted by molar-refractivity contribution is -0.123. The van der Waals surface area contributed by atoms with E-state index < -0.39 is 0 Å². The van der Waals surface area contributed by atoms with Gasteiger partial charge in [-0.2, -0.15) is 10.1 Å². The first-order valence-corrected chi connectivity index (χ1v) is 11.2. The van der Waals surface area contributed by atoms with Crippen molar-refractivity contribution in [2.75, 3.05) is 5.75 Å². The van der Waals surface area contributed by atoms with E-state index >= 15 is 0 Å². The molecule has 1 aliphatic heterocycles. The van der Waals surface area contributed by atoms with Crippen LogP contribution in [0.25, 0.3) is 0 Å². The van der Waals surface area contributed by atoms with E-state index in [1.807, 2.05) is 18.2 Å². The number of benzene rings is 2. The Morgan fingerprint density at radius 1 is 1.26 bits per heavy atom. The number of carbonyl (C=O) groups excluding carboxylic acids is 1. The summed E-state index contributed by atoms with van der Waals surface area (Å²) >= 11 is 25.5. The number of hydrogen-bond donors (Lipinski definition) is 0. The molecule has 0 saturated carbocycles. The molecule has 0 spiro atoms. The summed E-state index contributed by atoms with van der Waals surface area (Å²) in [6.07, 6.45) is 1.57. The minimum Gasteiger partial charge on any atom is -0.486 e. The van der Waals surface area contributed by atoms with Gasteiger partial charge in [0.1, 0.15) is 12.4 Å². The van der Waals surface area contributed by atoms with Crippen LogP contribution < -0.4 is 4.74 Å². The van der Waals surface area contributed by atoms with Crippen LogP contribution in [0.4, 0.5) is 0 Å². The van der Waals surface area contributed by atoms with E-state index in [1.54, 1.807) is 18.3 Å². The van der Waals surface area contributed by atoms with Crippen LogP contribution in [0.5, 0.6) is 5.75 Å². The Hall–Kier alpha value is -0.640. The van der Waals surface area contributed by atoms with Crippen molar-refractivity contribution in [2.45, 2.75) is 6.61 Å². The van der Waals surface area contributed by atoms with Gasteiger partial charge in [-0.25, -0.2) is 0 Å². The van der Waals surface area contributed by atoms with Crippen molar-refractivity contribution < 1.29 is 9.53 Å². The van der Waals surface area contributed by atoms with Crippen LogP contribution in [0.3, 0.4) is 0 Å². The van der Waals surface area contributed by atoms with Crippen molar-refractivity contribution in [1.82, 2.24) is 5.01 Å². The van der Waals surface area contributed by atoms with E-state index in [4.69, 9.17) is 40.2 Å². The van der Waals surface area contributed by atoms with Gasteiger partial charge in [0, 0.05) is 15.6 Å². The second-order valence-corrected chi connectivity index (χ2v) is 9.50. The third-order valence-corrected chi connectivity index (χ3v) is 6.56. The van der Waals surface area contributed by atoms with Crippen LogP contribution in [0.15, 0.2) is 44.4 Å². The van der Waals surface area contributed by atoms with Crippen molar-refractivity contribution in [3.05, 3.63) is 60.4 Å². The fourth-order valence-corrected chi connectivity index (χ4v) is 5.04. The predicted molar refractivity (Wildman–Crippen MR) is 122 cm³/mol. The minimum atomic E-state index is -0.126. The topological polar surface area (TPSA) is 41.9 Å². The summed E-state index contributed by atoms with van der Waals surface area (Å²) in [4.78, 5) is 11.7. The van der Waals surface area contributed by atoms with Gasteiger partial charge < -0.3 is 4.74 Å². The summed E-state index contributed by atoms with van der Waals surface area (Å²) in [6.45, 7) is 0.286. The third kappa shape index (κ3) is 5.25. The molecule has 2 aromatic rings. The van der Waals surface area contributed by atoms with Crippen LogP contribution in [0.1, 0.15) is 11.1 Å². The Balaban J connectivity index is 1.74. The lowest BCUT2D eigenvalue weighted by Crippen LogP contribution is -2.22. The molecule has 2 aromatic carbocycles. The number of amides is 1. The van der Waals surface area contributed by atoms with Crippen LogP contribution >= 0.6 is 79.0 Å². The molecular formula is C17H10Br2Cl2N2O2S2. The van der Waals surface area contributed by atoms with E-state index in [1.165, 1.54) is 16.8 Å². The van der Waals surface area contributed by atoms with Crippen molar-refractivity contribution in [3.63, 3.8) is 0 Å². The minimum absolute atomic E-state index is 0.126. The smallest absolute Gasteiger partial charge is 0.259 e. The largest absolute Gasteiger partial charge is 0.486 e. The first-order valence-electron chi connectivity index (χ1n) is 7.44. The number of thiocarbonyl (C=S) groups is 1. The molecule has 0 bridgehead atoms. The first kappa shape index (κ1) is 21.1. The zero-order valence-corrected chi connectivity index (χ0v) is 19.7. The summed E-state index contributed by atoms with van der Waals surface area (Å²) in [5, 5.41) is 6.51. The van der Waals surface area contributed by atoms with E-state index in [2.05, 4.69) is 37.0 Å². The first-order chi connectivity index (χ1) is 12.8. The summed E-state index contributed by atoms with van der Waals surface area (Å²) in [5.74, 6) is 0.824. The average molecular weight is 569 g/mol. The van der Waals surface area contributed by atoms with Gasteiger partial charge in [-0.1, -0.05) is 53.2 Å². The zero-order valence-electron chi connectivity index (χ0n) is 13.4. The lowest BCUT2D eigenvalue weighted by Gasteiger charge is -2.13. The van der Waals surface area contributed by atoms with Gasteiger partial charge in [-0.15, -0.1) is 0 Å². The predicted octanol–water partition coefficient (Wildman–Crippen LogP) is 6.29. The maximum absolute atomic E-state index is 11.7. The van der Waals surface area contributed by atoms with Gasteiger partial charge >= 0.3 is 0 Å². The highest BCUT2D eigenvalue weighted by Gasteiger charge is 2.26. The molecule has 0 atom stereocenters. The number of thioether (sulfide) groups is 1. The molecule has 1 amide bonds. The molecule has 27 heavy (non-hydrogen) atoms. The van der Waals surface area contributed by atoms with Crippen LogP contribution in [0.2, 0.25) is 10.0 Å².